The first-order valence-corrected chi connectivity index (χ1v) is 2.08. The molecule has 0 radical (unpaired) electrons. The number of hydrogen-bond donors (Lipinski definition) is 0. The summed E-state index contributed by atoms with van der Waals surface area (Å²) in [6.07, 6.45) is 1.88. The van der Waals surface area contributed by atoms with E-state index < -0.39 is 0 Å². The minimum absolute atomic E-state index is 0. The second-order valence-electron chi connectivity index (χ2n) is 0.591. The number of rotatable bonds is 1. The van der Waals surface area contributed by atoms with Crippen LogP contribution in [0.15, 0.2) is 0 Å². The smallest absolute Gasteiger partial charge is 0.814 e. The van der Waals surface area contributed by atoms with Crippen molar-refractivity contribution < 1.29 is 31.1 Å². The first-order chi connectivity index (χ1) is 2.91. The van der Waals surface area contributed by atoms with E-state index in [0.717, 1.165) is 12.6 Å². The fourth-order valence-electron chi connectivity index (χ4n) is 0. The molecular formula is C5H11NU. The van der Waals surface area contributed by atoms with Gasteiger partial charge in [-0.25, -0.2) is 6.21 Å². The van der Waals surface area contributed by atoms with E-state index >= 15 is 0 Å². The third kappa shape index (κ3) is 50.5. The van der Waals surface area contributed by atoms with Gasteiger partial charge in [-0.3, -0.25) is 0 Å². The van der Waals surface area contributed by atoms with Gasteiger partial charge in [-0.15, -0.1) is 0 Å². The van der Waals surface area contributed by atoms with E-state index in [1.54, 1.807) is 6.92 Å². The van der Waals surface area contributed by atoms with Crippen LogP contribution >= 0.6 is 0 Å². The Morgan fingerprint density at radius 2 is 1.71 bits per heavy atom. The fraction of sp³-hybridized carbons (Fsp3) is 0.600. The summed E-state index contributed by atoms with van der Waals surface area (Å²) < 4.78 is 0. The maximum Gasteiger partial charge on any atom is 2.00 e. The van der Waals surface area contributed by atoms with E-state index in [4.69, 9.17) is 5.41 Å². The molecule has 0 saturated carbocycles. The monoisotopic (exact) mass is 323 g/mol. The van der Waals surface area contributed by atoms with Gasteiger partial charge >= 0.3 is 31.1 Å². The summed E-state index contributed by atoms with van der Waals surface area (Å²) in [5, 5.41) is 7.75. The maximum absolute atomic E-state index is 7.75. The van der Waals surface area contributed by atoms with E-state index in [1.807, 2.05) is 6.92 Å². The summed E-state index contributed by atoms with van der Waals surface area (Å²) in [6, 6.07) is 0. The fourth-order valence-corrected chi connectivity index (χ4v) is 0. The Bertz CT molecular complexity index is 22.0. The molecule has 0 rings (SSSR count). The average Bonchev–Trinajstić information content (AvgIpc) is 1.72. The number of nitrogens with zero attached hydrogens (tertiary/aromatic N) is 1. The zero-order valence-electron chi connectivity index (χ0n) is 4.94. The predicted molar refractivity (Wildman–Crippen MR) is 30.7 cm³/mol. The molecule has 2 heteroatoms. The van der Waals surface area contributed by atoms with Crippen LogP contribution in [0.4, 0.5) is 0 Å². The summed E-state index contributed by atoms with van der Waals surface area (Å²) in [5.41, 5.74) is 0. The largest absolute Gasteiger partial charge is 2.00 e. The van der Waals surface area contributed by atoms with Crippen LogP contribution in [-0.2, 0) is 0 Å². The molecule has 0 saturated heterocycles. The van der Waals surface area contributed by atoms with E-state index in [0.29, 0.717) is 0 Å². The third-order valence-electron chi connectivity index (χ3n) is 0.183. The minimum atomic E-state index is 0. The van der Waals surface area contributed by atoms with Crippen molar-refractivity contribution in [3.63, 3.8) is 0 Å². The van der Waals surface area contributed by atoms with Crippen LogP contribution < -0.4 is 0 Å². The zero-order chi connectivity index (χ0) is 5.41. The minimum Gasteiger partial charge on any atom is -0.814 e. The van der Waals surface area contributed by atoms with Crippen molar-refractivity contribution in [2.24, 2.45) is 0 Å². The molecule has 0 aliphatic carbocycles. The van der Waals surface area contributed by atoms with Crippen molar-refractivity contribution in [1.82, 2.24) is 0 Å². The van der Waals surface area contributed by atoms with Crippen molar-refractivity contribution in [2.45, 2.75) is 20.3 Å². The summed E-state index contributed by atoms with van der Waals surface area (Å²) in [5.74, 6) is 0. The van der Waals surface area contributed by atoms with E-state index in [9.17, 15) is 0 Å². The number of hydrogen-bond acceptors (Lipinski definition) is 0. The SMILES string of the molecule is CCC=[N-].[CH2-]C.[U+2]. The molecule has 0 aromatic heterocycles. The van der Waals surface area contributed by atoms with Crippen LogP contribution in [0, 0.1) is 38.0 Å². The second-order valence-corrected chi connectivity index (χ2v) is 0.591. The molecule has 1 nitrogen and oxygen atoms in total. The third-order valence-corrected chi connectivity index (χ3v) is 0.183. The maximum atomic E-state index is 7.75. The van der Waals surface area contributed by atoms with Gasteiger partial charge in [0.25, 0.3) is 0 Å². The first kappa shape index (κ1) is 15.6. The Labute approximate surface area is 69.8 Å². The molecule has 0 aromatic carbocycles. The molecular weight excluding hydrogens is 312 g/mol. The Hall–Kier alpha value is 0.722. The van der Waals surface area contributed by atoms with Gasteiger partial charge in [0.1, 0.15) is 0 Å². The van der Waals surface area contributed by atoms with Gasteiger partial charge in [0.05, 0.1) is 0 Å². The summed E-state index contributed by atoms with van der Waals surface area (Å²) in [7, 11) is 0. The van der Waals surface area contributed by atoms with Crippen molar-refractivity contribution >= 4 is 6.21 Å². The Morgan fingerprint density at radius 1 is 1.57 bits per heavy atom. The van der Waals surface area contributed by atoms with Gasteiger partial charge in [-0.1, -0.05) is 13.3 Å². The van der Waals surface area contributed by atoms with Crippen LogP contribution in [0.2, 0.25) is 0 Å². The molecule has 0 aromatic rings. The van der Waals surface area contributed by atoms with Gasteiger partial charge in [0.15, 0.2) is 0 Å². The molecule has 40 valence electrons. The molecule has 0 aliphatic heterocycles. The molecule has 0 unspecified atom stereocenters. The summed E-state index contributed by atoms with van der Waals surface area (Å²) >= 11 is 0. The normalized spacial score (nSPS) is 4.43. The van der Waals surface area contributed by atoms with Gasteiger partial charge < -0.3 is 12.3 Å². The molecule has 0 spiro atoms. The molecule has 7 heavy (non-hydrogen) atoms. The van der Waals surface area contributed by atoms with Crippen LogP contribution in [0.5, 0.6) is 0 Å². The summed E-state index contributed by atoms with van der Waals surface area (Å²) in [4.78, 5) is 0. The standard InChI is InChI=1S/C3H6N.C2H5.U/c1-2-3-4;1-2;/h3H,2H2,1H3;1H2,2H3;/q2*-1;+2. The molecule has 0 heterocycles. The van der Waals surface area contributed by atoms with Gasteiger partial charge in [0, 0.05) is 0 Å². The van der Waals surface area contributed by atoms with Crippen molar-refractivity contribution in [3.8, 4) is 0 Å². The van der Waals surface area contributed by atoms with Crippen molar-refractivity contribution in [2.75, 3.05) is 0 Å². The molecule has 0 atom stereocenters. The van der Waals surface area contributed by atoms with Crippen LogP contribution in [0.3, 0.4) is 0 Å². The van der Waals surface area contributed by atoms with Crippen molar-refractivity contribution in [3.05, 3.63) is 12.3 Å². The van der Waals surface area contributed by atoms with E-state index in [1.165, 1.54) is 0 Å². The van der Waals surface area contributed by atoms with Gasteiger partial charge in [-0.05, 0) is 0 Å². The Morgan fingerprint density at radius 3 is 1.71 bits per heavy atom. The van der Waals surface area contributed by atoms with E-state index in [-0.39, 0.29) is 31.1 Å². The van der Waals surface area contributed by atoms with Gasteiger partial charge in [-0.2, -0.15) is 6.92 Å². The second kappa shape index (κ2) is 29.7. The Balaban J connectivity index is -0.0000000480. The summed E-state index contributed by atoms with van der Waals surface area (Å²) in [6.45, 7) is 6.88. The van der Waals surface area contributed by atoms with E-state index in [2.05, 4.69) is 6.92 Å². The molecule has 0 aliphatic rings. The zero-order valence-corrected chi connectivity index (χ0v) is 9.10. The van der Waals surface area contributed by atoms with Crippen molar-refractivity contribution in [1.29, 1.82) is 0 Å². The topological polar surface area (TPSA) is 22.3 Å². The molecule has 0 fully saturated rings. The molecule has 0 bridgehead atoms. The van der Waals surface area contributed by atoms with Crippen LogP contribution in [0.1, 0.15) is 20.3 Å². The van der Waals surface area contributed by atoms with Crippen LogP contribution in [0.25, 0.3) is 5.41 Å². The van der Waals surface area contributed by atoms with Crippen LogP contribution in [-0.4, -0.2) is 6.21 Å². The predicted octanol–water partition coefficient (Wildman–Crippen LogP) is 1.88. The molecule has 0 amide bonds. The first-order valence-electron chi connectivity index (χ1n) is 2.08. The quantitative estimate of drug-likeness (QED) is 0.519. The average molecular weight is 323 g/mol. The molecule has 0 N–H and O–H groups in total. The van der Waals surface area contributed by atoms with Gasteiger partial charge in [0.2, 0.25) is 0 Å². The Kier molecular flexibility index (Phi) is 66.4.